The van der Waals surface area contributed by atoms with Crippen LogP contribution in [0.15, 0.2) is 42.7 Å². The average Bonchev–Trinajstić information content (AvgIpc) is 3.08. The van der Waals surface area contributed by atoms with Crippen LogP contribution < -0.4 is 11.1 Å². The Labute approximate surface area is 143 Å². The summed E-state index contributed by atoms with van der Waals surface area (Å²) in [6.07, 6.45) is 3.26. The molecule has 0 bridgehead atoms. The highest BCUT2D eigenvalue weighted by molar-refractivity contribution is 5.69. The summed E-state index contributed by atoms with van der Waals surface area (Å²) < 4.78 is 6.61. The molecule has 0 fully saturated rings. The number of nitrogens with two attached hydrogens (primary N) is 1. The summed E-state index contributed by atoms with van der Waals surface area (Å²) in [5.74, 6) is 0.142. The van der Waals surface area contributed by atoms with Gasteiger partial charge in [0.05, 0.1) is 0 Å². The lowest BCUT2D eigenvalue weighted by Crippen LogP contribution is -2.15. The van der Waals surface area contributed by atoms with E-state index >= 15 is 0 Å². The number of nitrogens with zero attached hydrogens (tertiary/aromatic N) is 5. The van der Waals surface area contributed by atoms with Crippen LogP contribution in [0, 0.1) is 6.92 Å². The van der Waals surface area contributed by atoms with Gasteiger partial charge >= 0.3 is 5.97 Å². The van der Waals surface area contributed by atoms with E-state index in [0.29, 0.717) is 0 Å². The fraction of sp³-hybridized carbons (Fsp3) is 0.188. The Morgan fingerprint density at radius 2 is 2.04 bits per heavy atom. The van der Waals surface area contributed by atoms with Crippen molar-refractivity contribution in [3.8, 4) is 0 Å². The number of esters is 1. The van der Waals surface area contributed by atoms with Gasteiger partial charge in [-0.25, -0.2) is 0 Å². The number of rotatable bonds is 6. The lowest BCUT2D eigenvalue weighted by atomic mass is 10.2. The third-order valence-corrected chi connectivity index (χ3v) is 3.22. The Bertz CT molecular complexity index is 847. The predicted octanol–water partition coefficient (Wildman–Crippen LogP) is 1.45. The number of aromatic nitrogens is 5. The van der Waals surface area contributed by atoms with Crippen molar-refractivity contribution < 1.29 is 9.53 Å². The van der Waals surface area contributed by atoms with E-state index in [4.69, 9.17) is 10.5 Å². The lowest BCUT2D eigenvalue weighted by Gasteiger charge is -2.08. The minimum atomic E-state index is -0.448. The molecule has 0 saturated carbocycles. The van der Waals surface area contributed by atoms with Crippen molar-refractivity contribution in [3.63, 3.8) is 0 Å². The van der Waals surface area contributed by atoms with E-state index in [1.807, 2.05) is 31.2 Å². The van der Waals surface area contributed by atoms with Crippen LogP contribution in [-0.2, 0) is 22.7 Å². The number of carbonyl (C=O) groups excluding carboxylic acids is 1. The zero-order valence-electron chi connectivity index (χ0n) is 13.6. The van der Waals surface area contributed by atoms with E-state index in [-0.39, 0.29) is 30.9 Å². The summed E-state index contributed by atoms with van der Waals surface area (Å²) in [6, 6.07) is 9.46. The molecule has 3 rings (SSSR count). The van der Waals surface area contributed by atoms with Crippen molar-refractivity contribution in [2.45, 2.75) is 20.1 Å². The van der Waals surface area contributed by atoms with Gasteiger partial charge in [-0.2, -0.15) is 20.1 Å². The Kier molecular flexibility index (Phi) is 4.84. The lowest BCUT2D eigenvalue weighted by molar-refractivity contribution is -0.146. The highest BCUT2D eigenvalue weighted by Crippen LogP contribution is 2.14. The summed E-state index contributed by atoms with van der Waals surface area (Å²) >= 11 is 0. The monoisotopic (exact) mass is 339 g/mol. The van der Waals surface area contributed by atoms with E-state index in [0.717, 1.165) is 11.3 Å². The number of ether oxygens (including phenoxy) is 1. The van der Waals surface area contributed by atoms with Crippen molar-refractivity contribution in [1.82, 2.24) is 24.7 Å². The Morgan fingerprint density at radius 1 is 1.24 bits per heavy atom. The molecule has 2 aromatic heterocycles. The van der Waals surface area contributed by atoms with Gasteiger partial charge in [0, 0.05) is 18.1 Å². The third kappa shape index (κ3) is 4.74. The van der Waals surface area contributed by atoms with E-state index < -0.39 is 5.97 Å². The van der Waals surface area contributed by atoms with Crippen LogP contribution in [0.4, 0.5) is 17.6 Å². The summed E-state index contributed by atoms with van der Waals surface area (Å²) in [5, 5.41) is 6.98. The summed E-state index contributed by atoms with van der Waals surface area (Å²) in [6.45, 7) is 1.91. The van der Waals surface area contributed by atoms with E-state index in [1.54, 1.807) is 18.5 Å². The van der Waals surface area contributed by atoms with Gasteiger partial charge < -0.3 is 15.8 Å². The minimum Gasteiger partial charge on any atom is -0.456 e. The largest absolute Gasteiger partial charge is 0.456 e. The molecular formula is C16H17N7O2. The third-order valence-electron chi connectivity index (χ3n) is 3.22. The standard InChI is InChI=1S/C16H17N7O2/c1-11-3-5-12(6-4-11)19-16-21-13(20-15(17)22-16)10-25-14(24)9-23-8-2-7-18-23/h2-8H,9-10H2,1H3,(H3,17,19,20,21,22). The van der Waals surface area contributed by atoms with Gasteiger partial charge in [-0.1, -0.05) is 17.7 Å². The van der Waals surface area contributed by atoms with Crippen molar-refractivity contribution >= 4 is 23.6 Å². The molecule has 3 aromatic rings. The number of anilines is 3. The number of nitrogen functional groups attached to an aromatic ring is 1. The molecule has 1 aromatic carbocycles. The SMILES string of the molecule is Cc1ccc(Nc2nc(N)nc(COC(=O)Cn3cccn3)n2)cc1. The molecule has 9 heteroatoms. The van der Waals surface area contributed by atoms with E-state index in [1.165, 1.54) is 4.68 Å². The molecule has 0 spiro atoms. The first-order chi connectivity index (χ1) is 12.1. The molecule has 3 N–H and O–H groups in total. The van der Waals surface area contributed by atoms with Gasteiger partial charge in [0.1, 0.15) is 6.54 Å². The van der Waals surface area contributed by atoms with Crippen molar-refractivity contribution in [1.29, 1.82) is 0 Å². The Morgan fingerprint density at radius 3 is 2.76 bits per heavy atom. The van der Waals surface area contributed by atoms with Crippen LogP contribution in [0.3, 0.4) is 0 Å². The fourth-order valence-electron chi connectivity index (χ4n) is 2.04. The maximum absolute atomic E-state index is 11.8. The molecule has 0 unspecified atom stereocenters. The molecule has 25 heavy (non-hydrogen) atoms. The highest BCUT2D eigenvalue weighted by atomic mass is 16.5. The molecule has 0 aliphatic rings. The minimum absolute atomic E-state index is 0.0159. The van der Waals surface area contributed by atoms with Crippen LogP contribution in [0.5, 0.6) is 0 Å². The zero-order valence-corrected chi connectivity index (χ0v) is 13.6. The zero-order chi connectivity index (χ0) is 17.6. The normalized spacial score (nSPS) is 10.4. The molecule has 0 saturated heterocycles. The smallest absolute Gasteiger partial charge is 0.328 e. The van der Waals surface area contributed by atoms with Gasteiger partial charge in [-0.3, -0.25) is 9.48 Å². The van der Waals surface area contributed by atoms with Gasteiger partial charge in [-0.15, -0.1) is 0 Å². The molecule has 0 aliphatic carbocycles. The number of hydrogen-bond acceptors (Lipinski definition) is 8. The van der Waals surface area contributed by atoms with Gasteiger partial charge in [0.15, 0.2) is 12.4 Å². The number of carbonyl (C=O) groups is 1. The van der Waals surface area contributed by atoms with Gasteiger partial charge in [0.2, 0.25) is 11.9 Å². The van der Waals surface area contributed by atoms with Crippen molar-refractivity contribution in [2.75, 3.05) is 11.1 Å². The topological polar surface area (TPSA) is 121 Å². The second kappa shape index (κ2) is 7.39. The van der Waals surface area contributed by atoms with Crippen molar-refractivity contribution in [3.05, 3.63) is 54.1 Å². The second-order valence-corrected chi connectivity index (χ2v) is 5.29. The number of nitrogens with one attached hydrogen (secondary N) is 1. The van der Waals surface area contributed by atoms with Crippen LogP contribution in [-0.4, -0.2) is 30.7 Å². The number of aryl methyl sites for hydroxylation is 1. The maximum Gasteiger partial charge on any atom is 0.328 e. The summed E-state index contributed by atoms with van der Waals surface area (Å²) in [7, 11) is 0. The Hall–Kier alpha value is -3.49. The molecule has 0 radical (unpaired) electrons. The van der Waals surface area contributed by atoms with Crippen LogP contribution >= 0.6 is 0 Å². The van der Waals surface area contributed by atoms with Crippen LogP contribution in [0.1, 0.15) is 11.4 Å². The number of benzene rings is 1. The van der Waals surface area contributed by atoms with E-state index in [2.05, 4.69) is 25.4 Å². The first kappa shape index (κ1) is 16.4. The quantitative estimate of drug-likeness (QED) is 0.647. The first-order valence-corrected chi connectivity index (χ1v) is 7.56. The maximum atomic E-state index is 11.8. The first-order valence-electron chi connectivity index (χ1n) is 7.56. The summed E-state index contributed by atoms with van der Waals surface area (Å²) in [5.41, 5.74) is 7.66. The van der Waals surface area contributed by atoms with Gasteiger partial charge in [-0.05, 0) is 25.1 Å². The fourth-order valence-corrected chi connectivity index (χ4v) is 2.04. The molecular weight excluding hydrogens is 322 g/mol. The molecule has 0 atom stereocenters. The number of hydrogen-bond donors (Lipinski definition) is 2. The molecule has 128 valence electrons. The van der Waals surface area contributed by atoms with E-state index in [9.17, 15) is 4.79 Å². The van der Waals surface area contributed by atoms with Crippen LogP contribution in [0.2, 0.25) is 0 Å². The predicted molar refractivity (Wildman–Crippen MR) is 90.7 cm³/mol. The molecule has 0 aliphatic heterocycles. The highest BCUT2D eigenvalue weighted by Gasteiger charge is 2.09. The average molecular weight is 339 g/mol. The van der Waals surface area contributed by atoms with Crippen LogP contribution in [0.25, 0.3) is 0 Å². The Balaban J connectivity index is 1.62. The molecule has 2 heterocycles. The second-order valence-electron chi connectivity index (χ2n) is 5.29. The molecule has 0 amide bonds. The molecule has 9 nitrogen and oxygen atoms in total. The summed E-state index contributed by atoms with van der Waals surface area (Å²) in [4.78, 5) is 24.0. The van der Waals surface area contributed by atoms with Gasteiger partial charge in [0.25, 0.3) is 0 Å². The van der Waals surface area contributed by atoms with Crippen molar-refractivity contribution in [2.24, 2.45) is 0 Å².